The number of aromatic nitrogens is 4. The van der Waals surface area contributed by atoms with Crippen LogP contribution in [0.4, 0.5) is 0 Å². The van der Waals surface area contributed by atoms with Crippen LogP contribution in [0.3, 0.4) is 0 Å². The standard InChI is InChI=1S/C13H17N3.C7H6O.C6H11N3/c1-2-5-13(6-3-1)11-14-7-4-9-16-10-8-15-12-16;8-6-7-4-2-1-3-5-7;7-2-1-4-9-5-3-8-6-9/h1-3,5-6,8,10,12,14H,4,7,9,11H2;1-6H;3,5-6H,1-2,4,7H2/p+1. The maximum absolute atomic E-state index is 10.0. The summed E-state index contributed by atoms with van der Waals surface area (Å²) in [6.45, 7) is 5.06. The molecule has 0 bridgehead atoms. The van der Waals surface area contributed by atoms with Gasteiger partial charge in [-0.15, -0.1) is 0 Å². The number of benzene rings is 2. The van der Waals surface area contributed by atoms with Crippen molar-refractivity contribution in [1.82, 2.24) is 24.4 Å². The van der Waals surface area contributed by atoms with E-state index in [0.29, 0.717) is 0 Å². The Kier molecular flexibility index (Phi) is 13.3. The molecule has 0 fully saturated rings. The fourth-order valence-corrected chi connectivity index (χ4v) is 2.88. The van der Waals surface area contributed by atoms with Crippen LogP contribution < -0.4 is 11.1 Å². The zero-order chi connectivity index (χ0) is 23.4. The van der Waals surface area contributed by atoms with Gasteiger partial charge in [0.1, 0.15) is 6.29 Å². The molecule has 33 heavy (non-hydrogen) atoms. The van der Waals surface area contributed by atoms with Crippen molar-refractivity contribution in [3.63, 3.8) is 0 Å². The number of hydrogen-bond acceptors (Lipinski definition) is 4. The van der Waals surface area contributed by atoms with E-state index in [4.69, 9.17) is 0 Å². The predicted molar refractivity (Wildman–Crippen MR) is 131 cm³/mol. The summed E-state index contributed by atoms with van der Waals surface area (Å²) in [4.78, 5) is 17.9. The highest BCUT2D eigenvalue weighted by atomic mass is 16.1. The van der Waals surface area contributed by atoms with Gasteiger partial charge in [-0.2, -0.15) is 0 Å². The van der Waals surface area contributed by atoms with E-state index in [1.54, 1.807) is 18.3 Å². The molecule has 2 heterocycles. The lowest BCUT2D eigenvalue weighted by Crippen LogP contribution is -2.50. The van der Waals surface area contributed by atoms with Gasteiger partial charge in [0.2, 0.25) is 0 Å². The Bertz CT molecular complexity index is 941. The third-order valence-corrected chi connectivity index (χ3v) is 4.66. The first-order valence-corrected chi connectivity index (χ1v) is 11.3. The van der Waals surface area contributed by atoms with Gasteiger partial charge in [-0.05, 0) is 18.5 Å². The number of aryl methyl sites for hydroxylation is 2. The van der Waals surface area contributed by atoms with Crippen molar-refractivity contribution in [1.29, 1.82) is 0 Å². The summed E-state index contributed by atoms with van der Waals surface area (Å²) in [7, 11) is 0. The second kappa shape index (κ2) is 17.1. The molecule has 0 amide bonds. The van der Waals surface area contributed by atoms with Gasteiger partial charge >= 0.3 is 0 Å². The molecule has 2 aromatic carbocycles. The quantitative estimate of drug-likeness (QED) is 0.289. The third kappa shape index (κ3) is 12.2. The summed E-state index contributed by atoms with van der Waals surface area (Å²) in [6.07, 6.45) is 14.4. The molecule has 4 aromatic rings. The molecule has 0 atom stereocenters. The highest BCUT2D eigenvalue weighted by molar-refractivity contribution is 5.74. The molecule has 7 nitrogen and oxygen atoms in total. The van der Waals surface area contributed by atoms with Crippen LogP contribution in [0.15, 0.2) is 98.1 Å². The first-order chi connectivity index (χ1) is 16.3. The molecule has 4 rings (SSSR count). The highest BCUT2D eigenvalue weighted by Gasteiger charge is 1.92. The summed E-state index contributed by atoms with van der Waals surface area (Å²) in [5.41, 5.74) is 5.82. The van der Waals surface area contributed by atoms with Crippen LogP contribution in [-0.4, -0.2) is 38.5 Å². The second-order valence-electron chi connectivity index (χ2n) is 7.35. The Morgan fingerprint density at radius 1 is 0.818 bits per heavy atom. The number of quaternary nitrogens is 1. The lowest BCUT2D eigenvalue weighted by molar-refractivity contribution is -0.368. The maximum Gasteiger partial charge on any atom is 0.150 e. The van der Waals surface area contributed by atoms with E-state index in [-0.39, 0.29) is 0 Å². The minimum absolute atomic E-state index is 0.729. The number of nitrogens with zero attached hydrogens (tertiary/aromatic N) is 4. The van der Waals surface area contributed by atoms with Gasteiger partial charge in [0, 0.05) is 56.4 Å². The van der Waals surface area contributed by atoms with E-state index in [0.717, 1.165) is 57.4 Å². The average Bonchev–Trinajstić information content (AvgIpc) is 3.59. The van der Waals surface area contributed by atoms with Gasteiger partial charge < -0.3 is 20.2 Å². The Hall–Kier alpha value is -3.55. The first-order valence-electron chi connectivity index (χ1n) is 11.3. The van der Waals surface area contributed by atoms with E-state index >= 15 is 0 Å². The van der Waals surface area contributed by atoms with Crippen molar-refractivity contribution >= 4 is 6.29 Å². The third-order valence-electron chi connectivity index (χ3n) is 4.66. The summed E-state index contributed by atoms with van der Waals surface area (Å²) in [6, 6.07) is 19.6. The second-order valence-corrected chi connectivity index (χ2v) is 7.35. The maximum atomic E-state index is 10.0. The molecule has 0 aliphatic heterocycles. The van der Waals surface area contributed by atoms with E-state index in [2.05, 4.69) is 54.4 Å². The lowest BCUT2D eigenvalue weighted by atomic mass is 10.2. The fraction of sp³-hybridized carbons (Fsp3) is 0.269. The normalized spacial score (nSPS) is 9.85. The van der Waals surface area contributed by atoms with Crippen molar-refractivity contribution in [2.24, 2.45) is 0 Å². The van der Waals surface area contributed by atoms with Crippen LogP contribution in [0, 0.1) is 0 Å². The molecule has 174 valence electrons. The summed E-state index contributed by atoms with van der Waals surface area (Å²) < 4.78 is 4.16. The Balaban J connectivity index is 0.000000192. The molecule has 0 spiro atoms. The molecule has 0 unspecified atom stereocenters. The van der Waals surface area contributed by atoms with Crippen molar-refractivity contribution in [2.75, 3.05) is 13.1 Å². The zero-order valence-corrected chi connectivity index (χ0v) is 19.2. The van der Waals surface area contributed by atoms with E-state index in [1.807, 2.05) is 55.5 Å². The minimum atomic E-state index is 0.729. The van der Waals surface area contributed by atoms with Crippen molar-refractivity contribution in [3.8, 4) is 0 Å². The first kappa shape index (κ1) is 25.7. The number of carbonyl (C=O) groups excluding carboxylic acids is 1. The summed E-state index contributed by atoms with van der Waals surface area (Å²) in [5.74, 6) is 0. The van der Waals surface area contributed by atoms with Crippen LogP contribution in [-0.2, 0) is 19.6 Å². The van der Waals surface area contributed by atoms with Crippen LogP contribution in [0.5, 0.6) is 0 Å². The largest absolute Gasteiger partial charge is 0.358 e. The number of carbonyl (C=O) groups is 1. The van der Waals surface area contributed by atoms with Gasteiger partial charge in [0.25, 0.3) is 0 Å². The SMILES string of the molecule is O=Cc1ccccc1.[NH3+]CCCn1ccnc1.c1ccc(CNCCCn2ccnc2)cc1. The summed E-state index contributed by atoms with van der Waals surface area (Å²) >= 11 is 0. The molecule has 0 aliphatic rings. The fourth-order valence-electron chi connectivity index (χ4n) is 2.88. The van der Waals surface area contributed by atoms with Crippen LogP contribution >= 0.6 is 0 Å². The highest BCUT2D eigenvalue weighted by Crippen LogP contribution is 1.97. The number of nitrogens with one attached hydrogen (secondary N) is 1. The van der Waals surface area contributed by atoms with Crippen molar-refractivity contribution in [3.05, 3.63) is 109 Å². The van der Waals surface area contributed by atoms with E-state index in [1.165, 1.54) is 5.56 Å². The van der Waals surface area contributed by atoms with Crippen LogP contribution in [0.25, 0.3) is 0 Å². The van der Waals surface area contributed by atoms with Crippen molar-refractivity contribution < 1.29 is 10.5 Å². The molecule has 2 aromatic heterocycles. The van der Waals surface area contributed by atoms with E-state index < -0.39 is 0 Å². The molecule has 0 radical (unpaired) electrons. The van der Waals surface area contributed by atoms with Gasteiger partial charge in [0.15, 0.2) is 0 Å². The Morgan fingerprint density at radius 3 is 1.88 bits per heavy atom. The van der Waals surface area contributed by atoms with E-state index in [9.17, 15) is 4.79 Å². The Morgan fingerprint density at radius 2 is 1.39 bits per heavy atom. The van der Waals surface area contributed by atoms with Gasteiger partial charge in [-0.25, -0.2) is 9.97 Å². The van der Waals surface area contributed by atoms with Crippen LogP contribution in [0.1, 0.15) is 28.8 Å². The summed E-state index contributed by atoms with van der Waals surface area (Å²) in [5, 5.41) is 3.43. The molecule has 7 heteroatoms. The van der Waals surface area contributed by atoms with Crippen LogP contribution in [0.2, 0.25) is 0 Å². The monoisotopic (exact) mass is 447 g/mol. The molecular weight excluding hydrogens is 412 g/mol. The topological polar surface area (TPSA) is 92.4 Å². The van der Waals surface area contributed by atoms with Gasteiger partial charge in [-0.3, -0.25) is 4.79 Å². The number of hydrogen-bond donors (Lipinski definition) is 2. The van der Waals surface area contributed by atoms with Gasteiger partial charge in [0.05, 0.1) is 19.2 Å². The molecule has 0 aliphatic carbocycles. The lowest BCUT2D eigenvalue weighted by Gasteiger charge is -2.05. The number of rotatable bonds is 10. The minimum Gasteiger partial charge on any atom is -0.358 e. The number of aldehydes is 1. The zero-order valence-electron chi connectivity index (χ0n) is 19.2. The van der Waals surface area contributed by atoms with Gasteiger partial charge in [-0.1, -0.05) is 60.7 Å². The Labute approximate surface area is 196 Å². The molecule has 4 N–H and O–H groups in total. The molecular formula is C26H35N6O+. The molecule has 0 saturated carbocycles. The molecule has 0 saturated heterocycles. The number of imidazole rings is 2. The van der Waals surface area contributed by atoms with Crippen molar-refractivity contribution in [2.45, 2.75) is 32.5 Å². The average molecular weight is 448 g/mol. The smallest absolute Gasteiger partial charge is 0.150 e. The predicted octanol–water partition coefficient (Wildman–Crippen LogP) is 3.08.